The molecule has 0 aromatic heterocycles. The van der Waals surface area contributed by atoms with E-state index in [1.54, 1.807) is 7.11 Å². The Labute approximate surface area is 191 Å². The lowest BCUT2D eigenvalue weighted by Gasteiger charge is -2.35. The first-order chi connectivity index (χ1) is 15.1. The fourth-order valence-corrected chi connectivity index (χ4v) is 5.08. The van der Waals surface area contributed by atoms with Crippen LogP contribution in [0, 0.1) is 0 Å². The van der Waals surface area contributed by atoms with Gasteiger partial charge in [-0.05, 0) is 54.5 Å². The maximum atomic E-state index is 12.9. The quantitative estimate of drug-likeness (QED) is 0.632. The summed E-state index contributed by atoms with van der Waals surface area (Å²) < 4.78 is 70.7. The lowest BCUT2D eigenvalue weighted by molar-refractivity contribution is -0.137. The Kier molecular flexibility index (Phi) is 7.63. The van der Waals surface area contributed by atoms with Crippen LogP contribution in [0.1, 0.15) is 11.1 Å². The van der Waals surface area contributed by atoms with Crippen LogP contribution in [0.2, 0.25) is 0 Å². The van der Waals surface area contributed by atoms with Gasteiger partial charge in [0.1, 0.15) is 5.75 Å². The van der Waals surface area contributed by atoms with Gasteiger partial charge in [-0.25, -0.2) is 8.42 Å². The molecule has 2 aromatic rings. The molecule has 0 bridgehead atoms. The first-order valence-electron chi connectivity index (χ1n) is 9.94. The molecule has 32 heavy (non-hydrogen) atoms. The van der Waals surface area contributed by atoms with Gasteiger partial charge in [0.2, 0.25) is 10.0 Å². The molecule has 1 aliphatic heterocycles. The van der Waals surface area contributed by atoms with Gasteiger partial charge in [0.15, 0.2) is 5.11 Å². The predicted octanol–water partition coefficient (Wildman–Crippen LogP) is 3.14. The average molecular weight is 488 g/mol. The third-order valence-corrected chi connectivity index (χ3v) is 7.47. The van der Waals surface area contributed by atoms with Crippen LogP contribution in [0.3, 0.4) is 0 Å². The number of alkyl halides is 3. The minimum absolute atomic E-state index is 0.138. The second-order valence-corrected chi connectivity index (χ2v) is 9.57. The summed E-state index contributed by atoms with van der Waals surface area (Å²) in [4.78, 5) is 1.50. The first-order valence-corrected chi connectivity index (χ1v) is 11.8. The highest BCUT2D eigenvalue weighted by Gasteiger charge is 2.34. The molecule has 0 amide bonds. The highest BCUT2D eigenvalue weighted by atomic mass is 32.2. The number of thiocarbonyl (C=S) groups is 1. The van der Waals surface area contributed by atoms with E-state index >= 15 is 0 Å². The number of benzene rings is 2. The van der Waals surface area contributed by atoms with Crippen molar-refractivity contribution < 1.29 is 26.3 Å². The third kappa shape index (κ3) is 5.90. The molecule has 0 spiro atoms. The van der Waals surface area contributed by atoms with Gasteiger partial charge < -0.3 is 15.0 Å². The van der Waals surface area contributed by atoms with Gasteiger partial charge in [-0.3, -0.25) is 0 Å². The van der Waals surface area contributed by atoms with Gasteiger partial charge >= 0.3 is 6.18 Å². The lowest BCUT2D eigenvalue weighted by Crippen LogP contribution is -2.53. The first kappa shape index (κ1) is 24.3. The second kappa shape index (κ2) is 10.1. The van der Waals surface area contributed by atoms with E-state index in [1.165, 1.54) is 10.4 Å². The number of rotatable bonds is 6. The van der Waals surface area contributed by atoms with Crippen molar-refractivity contribution in [1.82, 2.24) is 14.5 Å². The number of sulfonamides is 1. The molecule has 6 nitrogen and oxygen atoms in total. The summed E-state index contributed by atoms with van der Waals surface area (Å²) in [5.74, 6) is 0.787. The van der Waals surface area contributed by atoms with Crippen molar-refractivity contribution in [2.45, 2.75) is 17.5 Å². The van der Waals surface area contributed by atoms with E-state index in [0.29, 0.717) is 30.8 Å². The van der Waals surface area contributed by atoms with Crippen molar-refractivity contribution in [2.24, 2.45) is 0 Å². The Balaban J connectivity index is 1.52. The van der Waals surface area contributed by atoms with E-state index in [-0.39, 0.29) is 18.0 Å². The zero-order valence-corrected chi connectivity index (χ0v) is 19.1. The normalized spacial score (nSPS) is 15.4. The molecule has 3 rings (SSSR count). The average Bonchev–Trinajstić information content (AvgIpc) is 2.79. The van der Waals surface area contributed by atoms with E-state index in [1.807, 2.05) is 29.2 Å². The van der Waals surface area contributed by atoms with E-state index in [2.05, 4.69) is 5.32 Å². The molecule has 1 fully saturated rings. The van der Waals surface area contributed by atoms with Gasteiger partial charge in [-0.2, -0.15) is 17.5 Å². The van der Waals surface area contributed by atoms with Crippen molar-refractivity contribution in [3.8, 4) is 5.75 Å². The number of methoxy groups -OCH3 is 1. The van der Waals surface area contributed by atoms with E-state index in [0.717, 1.165) is 29.9 Å². The van der Waals surface area contributed by atoms with Gasteiger partial charge in [-0.1, -0.05) is 18.2 Å². The summed E-state index contributed by atoms with van der Waals surface area (Å²) in [6.07, 6.45) is -3.85. The minimum Gasteiger partial charge on any atom is -0.497 e. The predicted molar refractivity (Wildman–Crippen MR) is 119 cm³/mol. The smallest absolute Gasteiger partial charge is 0.416 e. The number of hydrogen-bond donors (Lipinski definition) is 1. The summed E-state index contributed by atoms with van der Waals surface area (Å²) >= 11 is 5.41. The maximum Gasteiger partial charge on any atom is 0.416 e. The molecule has 0 radical (unpaired) electrons. The Morgan fingerprint density at radius 1 is 1.09 bits per heavy atom. The van der Waals surface area contributed by atoms with E-state index in [4.69, 9.17) is 17.0 Å². The third-order valence-electron chi connectivity index (χ3n) is 5.17. The maximum absolute atomic E-state index is 12.9. The fourth-order valence-electron chi connectivity index (χ4n) is 3.33. The van der Waals surface area contributed by atoms with Crippen molar-refractivity contribution in [1.29, 1.82) is 0 Å². The molecule has 2 aromatic carbocycles. The molecule has 0 saturated carbocycles. The Bertz CT molecular complexity index is 1040. The van der Waals surface area contributed by atoms with Crippen molar-refractivity contribution >= 4 is 27.4 Å². The summed E-state index contributed by atoms with van der Waals surface area (Å²) in [5.41, 5.74) is 0.137. The largest absolute Gasteiger partial charge is 0.497 e. The number of nitrogens with zero attached hydrogens (tertiary/aromatic N) is 2. The Hall–Kier alpha value is -2.37. The molecule has 0 unspecified atom stereocenters. The van der Waals surface area contributed by atoms with Crippen LogP contribution in [-0.4, -0.2) is 62.6 Å². The molecule has 11 heteroatoms. The zero-order chi connectivity index (χ0) is 23.4. The van der Waals surface area contributed by atoms with E-state index < -0.39 is 21.8 Å². The van der Waals surface area contributed by atoms with Gasteiger partial charge in [0, 0.05) is 32.7 Å². The molecule has 0 atom stereocenters. The monoisotopic (exact) mass is 487 g/mol. The van der Waals surface area contributed by atoms with E-state index in [9.17, 15) is 21.6 Å². The Morgan fingerprint density at radius 3 is 2.34 bits per heavy atom. The molecule has 1 saturated heterocycles. The summed E-state index contributed by atoms with van der Waals surface area (Å²) in [6, 6.07) is 11.5. The summed E-state index contributed by atoms with van der Waals surface area (Å²) in [5, 5.41) is 3.69. The lowest BCUT2D eigenvalue weighted by atomic mass is 10.1. The summed E-state index contributed by atoms with van der Waals surface area (Å²) in [7, 11) is -2.41. The number of ether oxygens (including phenoxy) is 1. The number of hydrogen-bond acceptors (Lipinski definition) is 4. The minimum atomic E-state index is -4.60. The molecule has 0 aliphatic carbocycles. The Morgan fingerprint density at radius 2 is 1.75 bits per heavy atom. The molecular formula is C21H24F3N3O3S2. The highest BCUT2D eigenvalue weighted by molar-refractivity contribution is 7.89. The fraction of sp³-hybridized carbons (Fsp3) is 0.381. The zero-order valence-electron chi connectivity index (χ0n) is 17.4. The van der Waals surface area contributed by atoms with Crippen molar-refractivity contribution in [2.75, 3.05) is 39.8 Å². The number of nitrogens with one attached hydrogen (secondary N) is 1. The summed E-state index contributed by atoms with van der Waals surface area (Å²) in [6.45, 7) is 1.60. The highest BCUT2D eigenvalue weighted by Crippen LogP contribution is 2.31. The van der Waals surface area contributed by atoms with Crippen LogP contribution in [0.15, 0.2) is 53.4 Å². The molecule has 1 aliphatic rings. The SMILES string of the molecule is COc1ccc(CCNC(=S)N2CCN(S(=O)(=O)c3cccc(C(F)(F)F)c3)CC2)cc1. The van der Waals surface area contributed by atoms with Gasteiger partial charge in [0.05, 0.1) is 17.6 Å². The topological polar surface area (TPSA) is 61.9 Å². The molecular weight excluding hydrogens is 463 g/mol. The van der Waals surface area contributed by atoms with Crippen LogP contribution in [-0.2, 0) is 22.6 Å². The van der Waals surface area contributed by atoms with Gasteiger partial charge in [0.25, 0.3) is 0 Å². The molecule has 1 N–H and O–H groups in total. The standard InChI is InChI=1S/C21H24F3N3O3S2/c1-30-18-7-5-16(6-8-18)9-10-25-20(31)26-11-13-27(14-12-26)32(28,29)19-4-2-3-17(15-19)21(22,23)24/h2-8,15H,9-14H2,1H3,(H,25,31). The van der Waals surface area contributed by atoms with Crippen LogP contribution >= 0.6 is 12.2 Å². The molecule has 1 heterocycles. The number of piperazine rings is 1. The number of halogens is 3. The van der Waals surface area contributed by atoms with Crippen LogP contribution in [0.5, 0.6) is 5.75 Å². The van der Waals surface area contributed by atoms with Crippen molar-refractivity contribution in [3.63, 3.8) is 0 Å². The van der Waals surface area contributed by atoms with Crippen LogP contribution in [0.25, 0.3) is 0 Å². The van der Waals surface area contributed by atoms with Crippen molar-refractivity contribution in [3.05, 3.63) is 59.7 Å². The second-order valence-electron chi connectivity index (χ2n) is 7.25. The van der Waals surface area contributed by atoms with Gasteiger partial charge in [-0.15, -0.1) is 0 Å². The van der Waals surface area contributed by atoms with Crippen LogP contribution in [0.4, 0.5) is 13.2 Å². The molecule has 174 valence electrons. The van der Waals surface area contributed by atoms with Crippen LogP contribution < -0.4 is 10.1 Å².